The van der Waals surface area contributed by atoms with Crippen molar-refractivity contribution in [1.29, 1.82) is 0 Å². The van der Waals surface area contributed by atoms with Crippen LogP contribution in [-0.4, -0.2) is 124 Å². The van der Waals surface area contributed by atoms with Crippen LogP contribution in [0.4, 0.5) is 0 Å². The predicted octanol–water partition coefficient (Wildman–Crippen LogP) is 8.05. The summed E-state index contributed by atoms with van der Waals surface area (Å²) >= 11 is 0. The normalized spacial score (nSPS) is 16.5. The minimum Gasteiger partial charge on any atom is -0.857 e. The summed E-state index contributed by atoms with van der Waals surface area (Å²) in [6, 6.07) is 0. The molecule has 16 nitrogen and oxygen atoms in total. The average molecular weight is 1180 g/mol. The second-order valence-electron chi connectivity index (χ2n) is 25.4. The van der Waals surface area contributed by atoms with Gasteiger partial charge in [-0.15, -0.1) is 0 Å². The van der Waals surface area contributed by atoms with E-state index in [9.17, 15) is 14.4 Å². The molecule has 0 unspecified atom stereocenters. The molecular formula is C49H108CeO16Si3. The molecule has 3 fully saturated rings. The Hall–Kier alpha value is 1.39. The SMILES string of the molecule is C1CCOC1.C1CCOC1.C1CCOC1.CC(C)(C)O[Si]([O-])(OC(C)(C)C)OC(C)(C)C.CC(C)(C)O[Si]([O-])(OC(C)(C)C)OC(C)(C)C.CC(C)(C)O[Si]([O-])(OC(C)(C)C)OC(C)(C)C.C[O-].[Ce+4]. The molecule has 0 spiro atoms. The molecule has 0 atom stereocenters. The van der Waals surface area contributed by atoms with E-state index in [2.05, 4.69) is 0 Å². The van der Waals surface area contributed by atoms with E-state index in [-0.39, 0.29) is 41.7 Å². The Bertz CT molecular complexity index is 941. The van der Waals surface area contributed by atoms with Gasteiger partial charge in [0.2, 0.25) is 0 Å². The zero-order valence-electron chi connectivity index (χ0n) is 49.5. The average Bonchev–Trinajstić information content (AvgIpc) is 3.81. The predicted molar refractivity (Wildman–Crippen MR) is 271 cm³/mol. The van der Waals surface area contributed by atoms with Crippen molar-refractivity contribution in [1.82, 2.24) is 0 Å². The maximum atomic E-state index is 12.6. The van der Waals surface area contributed by atoms with Gasteiger partial charge in [-0.3, -0.25) is 0 Å². The van der Waals surface area contributed by atoms with Crippen LogP contribution in [0.3, 0.4) is 0 Å². The number of rotatable bonds is 9. The Morgan fingerprint density at radius 1 is 0.246 bits per heavy atom. The standard InChI is InChI=1S/3C12H27O4Si.3C4H8O.CH3O.Ce/c3*1-10(2,3)14-17(13,15-11(4,5)6)16-12(7,8)9;3*1-2-4-5-3-1;1-2;/h3*1-9H3;3*1-4H2;1H3;/q3*-1;;;;-1;+4. The largest absolute Gasteiger partial charge is 4.00 e. The van der Waals surface area contributed by atoms with E-state index in [4.69, 9.17) is 59.2 Å². The summed E-state index contributed by atoms with van der Waals surface area (Å²) < 4.78 is 64.5. The molecule has 3 aliphatic heterocycles. The fraction of sp³-hybridized carbons (Fsp3) is 1.00. The Kier molecular flexibility index (Phi) is 39.3. The molecule has 0 N–H and O–H groups in total. The van der Waals surface area contributed by atoms with Crippen molar-refractivity contribution in [3.63, 3.8) is 0 Å². The Labute approximate surface area is 461 Å². The van der Waals surface area contributed by atoms with Gasteiger partial charge in [0.05, 0.1) is 50.4 Å². The molecule has 3 rings (SSSR count). The van der Waals surface area contributed by atoms with Crippen LogP contribution in [0, 0.1) is 41.7 Å². The molecule has 0 bridgehead atoms. The van der Waals surface area contributed by atoms with E-state index in [0.717, 1.165) is 46.8 Å². The van der Waals surface area contributed by atoms with E-state index < -0.39 is 77.6 Å². The molecule has 0 aliphatic carbocycles. The first kappa shape index (κ1) is 79.3. The first-order valence-electron chi connectivity index (χ1n) is 24.4. The summed E-state index contributed by atoms with van der Waals surface area (Å²) in [5.41, 5.74) is -5.21. The van der Waals surface area contributed by atoms with Gasteiger partial charge >= 0.3 is 68.9 Å². The third-order valence-corrected chi connectivity index (χ3v) is 14.1. The first-order valence-corrected chi connectivity index (χ1v) is 29.3. The number of ether oxygens (including phenoxy) is 3. The fourth-order valence-electron chi connectivity index (χ4n) is 5.09. The van der Waals surface area contributed by atoms with Crippen molar-refractivity contribution in [3.05, 3.63) is 0 Å². The van der Waals surface area contributed by atoms with Gasteiger partial charge in [0.15, 0.2) is 0 Å². The van der Waals surface area contributed by atoms with Crippen LogP contribution in [0.2, 0.25) is 0 Å². The van der Waals surface area contributed by atoms with Crippen molar-refractivity contribution in [3.8, 4) is 0 Å². The van der Waals surface area contributed by atoms with E-state index in [0.29, 0.717) is 0 Å². The van der Waals surface area contributed by atoms with Crippen LogP contribution < -0.4 is 19.5 Å². The molecule has 20 heteroatoms. The number of hydrogen-bond acceptors (Lipinski definition) is 16. The Morgan fingerprint density at radius 3 is 0.377 bits per heavy atom. The van der Waals surface area contributed by atoms with Crippen LogP contribution in [0.15, 0.2) is 0 Å². The molecule has 69 heavy (non-hydrogen) atoms. The molecular weight excluding hydrogens is 1070 g/mol. The number of hydrogen-bond donors (Lipinski definition) is 0. The van der Waals surface area contributed by atoms with E-state index >= 15 is 0 Å². The first-order chi connectivity index (χ1) is 29.9. The van der Waals surface area contributed by atoms with Gasteiger partial charge < -0.3 is 73.5 Å². The molecule has 0 radical (unpaired) electrons. The molecule has 3 saturated heterocycles. The van der Waals surface area contributed by atoms with Crippen LogP contribution in [0.5, 0.6) is 0 Å². The van der Waals surface area contributed by atoms with Crippen molar-refractivity contribution in [2.75, 3.05) is 46.8 Å². The van der Waals surface area contributed by atoms with Gasteiger partial charge in [0.1, 0.15) is 0 Å². The minimum atomic E-state index is -3.91. The third-order valence-electron chi connectivity index (χ3n) is 6.36. The summed E-state index contributed by atoms with van der Waals surface area (Å²) in [7, 11) is -11.0. The molecule has 0 saturated carbocycles. The summed E-state index contributed by atoms with van der Waals surface area (Å²) in [4.78, 5) is 37.9. The Balaban J connectivity index is -0.000000250. The second-order valence-corrected chi connectivity index (χ2v) is 30.2. The molecule has 3 aliphatic rings. The van der Waals surface area contributed by atoms with Gasteiger partial charge in [-0.05, 0) is 225 Å². The maximum Gasteiger partial charge on any atom is 4.00 e. The Morgan fingerprint density at radius 2 is 0.333 bits per heavy atom. The molecule has 0 amide bonds. The van der Waals surface area contributed by atoms with Gasteiger partial charge in [0, 0.05) is 39.6 Å². The van der Waals surface area contributed by atoms with E-state index in [1.54, 1.807) is 0 Å². The monoisotopic (exact) mass is 1180 g/mol. The van der Waals surface area contributed by atoms with Crippen LogP contribution in [0.25, 0.3) is 0 Å². The van der Waals surface area contributed by atoms with Gasteiger partial charge in [0.25, 0.3) is 0 Å². The second kappa shape index (κ2) is 34.2. The fourth-order valence-corrected chi connectivity index (χ4v) is 12.2. The quantitative estimate of drug-likeness (QED) is 0.200. The molecule has 0 aromatic carbocycles. The zero-order valence-corrected chi connectivity index (χ0v) is 55.7. The topological polar surface area (TPSA) is 203 Å². The molecule has 0 aromatic rings. The van der Waals surface area contributed by atoms with Crippen molar-refractivity contribution in [2.24, 2.45) is 0 Å². The van der Waals surface area contributed by atoms with Crippen molar-refractivity contribution < 1.29 is 115 Å². The molecule has 3 heterocycles. The molecule has 0 aromatic heterocycles. The maximum absolute atomic E-state index is 12.6. The summed E-state index contributed by atoms with van der Waals surface area (Å²) in [6.45, 7) is 55.3. The zero-order chi connectivity index (χ0) is 55.0. The van der Waals surface area contributed by atoms with Crippen molar-refractivity contribution in [2.45, 2.75) is 276 Å². The summed E-state index contributed by atoms with van der Waals surface area (Å²) in [6.07, 6.45) is 7.67. The van der Waals surface area contributed by atoms with E-state index in [1.165, 1.54) is 38.5 Å². The van der Waals surface area contributed by atoms with Crippen molar-refractivity contribution >= 4 is 27.1 Å². The van der Waals surface area contributed by atoms with Crippen LogP contribution in [0.1, 0.15) is 225 Å². The van der Waals surface area contributed by atoms with Gasteiger partial charge in [-0.1, -0.05) is 0 Å². The van der Waals surface area contributed by atoms with Crippen LogP contribution >= 0.6 is 0 Å². The van der Waals surface area contributed by atoms with Gasteiger partial charge in [-0.2, -0.15) is 7.11 Å². The molecule has 416 valence electrons. The van der Waals surface area contributed by atoms with Gasteiger partial charge in [-0.25, -0.2) is 0 Å². The minimum absolute atomic E-state index is 0. The summed E-state index contributed by atoms with van der Waals surface area (Å²) in [5, 5.41) is 8.25. The van der Waals surface area contributed by atoms with E-state index in [1.807, 2.05) is 187 Å². The third kappa shape index (κ3) is 63.6. The smallest absolute Gasteiger partial charge is 0.857 e. The van der Waals surface area contributed by atoms with Crippen LogP contribution in [-0.2, 0) is 54.0 Å². The summed E-state index contributed by atoms with van der Waals surface area (Å²) in [5.74, 6) is 0.